The SMILES string of the molecule is C=CCOC1(C)CCN(c2c(C(OC(C)(C)C)C(=O)OCC)c(C)nc3cc(-c4cccc(-c5cc(C(=O)OC)ccc5O)c4)nn23)CC1. The number of esters is 2. The Kier molecular flexibility index (Phi) is 10.4. The highest BCUT2D eigenvalue weighted by Gasteiger charge is 2.38. The maximum absolute atomic E-state index is 13.6. The van der Waals surface area contributed by atoms with E-state index in [4.69, 9.17) is 29.0 Å². The second kappa shape index (κ2) is 14.4. The Morgan fingerprint density at radius 1 is 1.10 bits per heavy atom. The van der Waals surface area contributed by atoms with E-state index in [0.717, 1.165) is 18.4 Å². The highest BCUT2D eigenvalue weighted by molar-refractivity contribution is 5.92. The number of hydrogen-bond acceptors (Lipinski definition) is 10. The van der Waals surface area contributed by atoms with Gasteiger partial charge < -0.3 is 29.0 Å². The molecule has 11 nitrogen and oxygen atoms in total. The summed E-state index contributed by atoms with van der Waals surface area (Å²) in [6.45, 7) is 17.2. The monoisotopic (exact) mass is 670 g/mol. The Balaban J connectivity index is 1.66. The van der Waals surface area contributed by atoms with Gasteiger partial charge >= 0.3 is 11.9 Å². The molecule has 2 aromatic heterocycles. The number of rotatable bonds is 11. The maximum atomic E-state index is 13.6. The number of fused-ring (bicyclic) bond motifs is 1. The molecule has 5 rings (SSSR count). The second-order valence-corrected chi connectivity index (χ2v) is 13.4. The molecule has 2 aromatic carbocycles. The maximum Gasteiger partial charge on any atom is 0.340 e. The Labute approximate surface area is 287 Å². The summed E-state index contributed by atoms with van der Waals surface area (Å²) in [6.07, 6.45) is 2.21. The van der Waals surface area contributed by atoms with Gasteiger partial charge in [-0.2, -0.15) is 9.61 Å². The lowest BCUT2D eigenvalue weighted by molar-refractivity contribution is -0.166. The van der Waals surface area contributed by atoms with E-state index < -0.39 is 23.6 Å². The molecule has 0 saturated carbocycles. The first-order valence-corrected chi connectivity index (χ1v) is 16.5. The number of benzene rings is 2. The molecule has 1 atom stereocenters. The number of carbonyl (C=O) groups is 2. The van der Waals surface area contributed by atoms with Gasteiger partial charge in [0.2, 0.25) is 0 Å². The van der Waals surface area contributed by atoms with Crippen LogP contribution in [0.25, 0.3) is 28.0 Å². The van der Waals surface area contributed by atoms with Gasteiger partial charge in [0.1, 0.15) is 11.6 Å². The molecule has 0 bridgehead atoms. The molecule has 0 aliphatic carbocycles. The van der Waals surface area contributed by atoms with Crippen molar-refractivity contribution < 1.29 is 33.6 Å². The van der Waals surface area contributed by atoms with Gasteiger partial charge in [-0.15, -0.1) is 6.58 Å². The first-order chi connectivity index (χ1) is 23.3. The van der Waals surface area contributed by atoms with Gasteiger partial charge in [-0.05, 0) is 84.2 Å². The number of nitrogens with zero attached hydrogens (tertiary/aromatic N) is 4. The summed E-state index contributed by atoms with van der Waals surface area (Å²) < 4.78 is 24.8. The van der Waals surface area contributed by atoms with Crippen molar-refractivity contribution in [2.24, 2.45) is 0 Å². The molecule has 3 heterocycles. The molecule has 1 N–H and O–H groups in total. The van der Waals surface area contributed by atoms with Crippen LogP contribution in [0.1, 0.15) is 75.2 Å². The van der Waals surface area contributed by atoms with E-state index in [1.165, 1.54) is 19.2 Å². The molecule has 1 unspecified atom stereocenters. The third kappa shape index (κ3) is 7.79. The lowest BCUT2D eigenvalue weighted by Gasteiger charge is -2.41. The molecule has 260 valence electrons. The van der Waals surface area contributed by atoms with Gasteiger partial charge in [0.05, 0.1) is 48.3 Å². The standard InChI is InChI=1S/C38H46N4O7/c1-9-20-48-38(7)16-18-41(19-17-38)34-32(33(36(45)47-10-2)49-37(4,5)6)24(3)39-31-23-29(40-42(31)34)26-13-11-12-25(21-26)28-22-27(35(44)46-8)14-15-30(28)43/h9,11-15,21-23,33,43H,1,10,16-20H2,2-8H3. The lowest BCUT2D eigenvalue weighted by Crippen LogP contribution is -2.45. The predicted octanol–water partition coefficient (Wildman–Crippen LogP) is 6.84. The van der Waals surface area contributed by atoms with Gasteiger partial charge in [-0.3, -0.25) is 0 Å². The van der Waals surface area contributed by atoms with Gasteiger partial charge in [-0.1, -0.05) is 24.3 Å². The largest absolute Gasteiger partial charge is 0.507 e. The minimum atomic E-state index is -1.04. The summed E-state index contributed by atoms with van der Waals surface area (Å²) in [7, 11) is 1.32. The number of phenolic OH excluding ortho intramolecular Hbond substituents is 1. The molecule has 1 saturated heterocycles. The molecule has 4 aromatic rings. The summed E-state index contributed by atoms with van der Waals surface area (Å²) in [5.41, 5.74) is 3.76. The number of hydrogen-bond donors (Lipinski definition) is 1. The second-order valence-electron chi connectivity index (χ2n) is 13.4. The van der Waals surface area contributed by atoms with Gasteiger partial charge in [0.15, 0.2) is 11.8 Å². The van der Waals surface area contributed by atoms with Crippen molar-refractivity contribution in [1.82, 2.24) is 14.6 Å². The van der Waals surface area contributed by atoms with Crippen molar-refractivity contribution in [2.75, 3.05) is 38.3 Å². The number of piperidine rings is 1. The summed E-state index contributed by atoms with van der Waals surface area (Å²) in [5, 5.41) is 15.8. The molecule has 11 heteroatoms. The number of ether oxygens (including phenoxy) is 4. The molecule has 0 amide bonds. The molecule has 49 heavy (non-hydrogen) atoms. The topological polar surface area (TPSA) is 125 Å². The Morgan fingerprint density at radius 3 is 2.47 bits per heavy atom. The molecule has 1 fully saturated rings. The smallest absolute Gasteiger partial charge is 0.340 e. The number of carbonyl (C=O) groups excluding carboxylic acids is 2. The summed E-state index contributed by atoms with van der Waals surface area (Å²) in [5.74, 6) is -0.249. The van der Waals surface area contributed by atoms with Crippen molar-refractivity contribution in [1.29, 1.82) is 0 Å². The highest BCUT2D eigenvalue weighted by Crippen LogP contribution is 2.39. The summed E-state index contributed by atoms with van der Waals surface area (Å²) >= 11 is 0. The van der Waals surface area contributed by atoms with Gasteiger partial charge in [0, 0.05) is 36.0 Å². The number of aromatic nitrogens is 3. The van der Waals surface area contributed by atoms with Crippen LogP contribution in [-0.4, -0.2) is 76.3 Å². The van der Waals surface area contributed by atoms with Crippen LogP contribution in [0.4, 0.5) is 5.82 Å². The van der Waals surface area contributed by atoms with E-state index in [2.05, 4.69) is 18.4 Å². The Morgan fingerprint density at radius 2 is 1.82 bits per heavy atom. The molecule has 0 radical (unpaired) electrons. The fraction of sp³-hybridized carbons (Fsp3) is 0.421. The van der Waals surface area contributed by atoms with Gasteiger partial charge in [0.25, 0.3) is 0 Å². The summed E-state index contributed by atoms with van der Waals surface area (Å²) in [6, 6.07) is 14.0. The fourth-order valence-electron chi connectivity index (χ4n) is 6.12. The average molecular weight is 671 g/mol. The van der Waals surface area contributed by atoms with Crippen LogP contribution < -0.4 is 4.90 Å². The van der Waals surface area contributed by atoms with Crippen LogP contribution in [0.3, 0.4) is 0 Å². The number of methoxy groups -OCH3 is 1. The van der Waals surface area contributed by atoms with Crippen molar-refractivity contribution in [2.45, 2.75) is 71.7 Å². The van der Waals surface area contributed by atoms with Crippen molar-refractivity contribution in [3.05, 3.63) is 78.0 Å². The van der Waals surface area contributed by atoms with Crippen LogP contribution in [0, 0.1) is 6.92 Å². The normalized spacial score (nSPS) is 15.2. The van der Waals surface area contributed by atoms with E-state index in [1.54, 1.807) is 23.6 Å². The fourth-order valence-corrected chi connectivity index (χ4v) is 6.12. The van der Waals surface area contributed by atoms with E-state index in [-0.39, 0.29) is 18.0 Å². The van der Waals surface area contributed by atoms with Gasteiger partial charge in [-0.25, -0.2) is 14.6 Å². The van der Waals surface area contributed by atoms with Crippen molar-refractivity contribution in [3.8, 4) is 28.1 Å². The Hall–Kier alpha value is -4.74. The molecule has 1 aliphatic rings. The number of anilines is 1. The molecule has 0 spiro atoms. The highest BCUT2D eigenvalue weighted by atomic mass is 16.6. The molecular formula is C38H46N4O7. The first kappa shape index (κ1) is 35.6. The summed E-state index contributed by atoms with van der Waals surface area (Å²) in [4.78, 5) is 33.0. The third-order valence-corrected chi connectivity index (χ3v) is 8.60. The quantitative estimate of drug-likeness (QED) is 0.134. The zero-order valence-electron chi connectivity index (χ0n) is 29.4. The molecular weight excluding hydrogens is 624 g/mol. The number of aromatic hydroxyl groups is 1. The van der Waals surface area contributed by atoms with E-state index in [9.17, 15) is 14.7 Å². The number of aryl methyl sites for hydroxylation is 1. The minimum absolute atomic E-state index is 0.0297. The zero-order chi connectivity index (χ0) is 35.5. The molecule has 1 aliphatic heterocycles. The van der Waals surface area contributed by atoms with Crippen molar-refractivity contribution >= 4 is 23.4 Å². The van der Waals surface area contributed by atoms with Crippen LogP contribution in [0.15, 0.2) is 61.2 Å². The number of phenols is 1. The Bertz CT molecular complexity index is 1850. The van der Waals surface area contributed by atoms with E-state index >= 15 is 0 Å². The van der Waals surface area contributed by atoms with Crippen LogP contribution in [0.2, 0.25) is 0 Å². The predicted molar refractivity (Wildman–Crippen MR) is 188 cm³/mol. The van der Waals surface area contributed by atoms with Crippen LogP contribution in [-0.2, 0) is 23.7 Å². The van der Waals surface area contributed by atoms with E-state index in [0.29, 0.717) is 64.8 Å². The first-order valence-electron chi connectivity index (χ1n) is 16.5. The van der Waals surface area contributed by atoms with Crippen LogP contribution in [0.5, 0.6) is 5.75 Å². The van der Waals surface area contributed by atoms with Crippen LogP contribution >= 0.6 is 0 Å². The lowest BCUT2D eigenvalue weighted by atomic mass is 9.92. The third-order valence-electron chi connectivity index (χ3n) is 8.60. The van der Waals surface area contributed by atoms with Crippen molar-refractivity contribution in [3.63, 3.8) is 0 Å². The minimum Gasteiger partial charge on any atom is -0.507 e. The zero-order valence-corrected chi connectivity index (χ0v) is 29.4. The van der Waals surface area contributed by atoms with E-state index in [1.807, 2.05) is 58.0 Å². The average Bonchev–Trinajstić information content (AvgIpc) is 3.49.